The Morgan fingerprint density at radius 3 is 2.16 bits per heavy atom. The Kier molecular flexibility index (Phi) is 5.32. The Balaban J connectivity index is 1.82. The molecule has 2 nitrogen and oxygen atoms in total. The molecular formula is C26H17Br2FN2. The van der Waals surface area contributed by atoms with Gasteiger partial charge in [0.15, 0.2) is 0 Å². The molecule has 0 atom stereocenters. The van der Waals surface area contributed by atoms with Crippen LogP contribution in [0.25, 0.3) is 10.8 Å². The molecule has 0 bridgehead atoms. The highest BCUT2D eigenvalue weighted by atomic mass is 79.9. The predicted octanol–water partition coefficient (Wildman–Crippen LogP) is 8.40. The number of alkyl halides is 1. The average Bonchev–Trinajstić information content (AvgIpc) is 3.06. The van der Waals surface area contributed by atoms with E-state index in [-0.39, 0.29) is 0 Å². The third-order valence-electron chi connectivity index (χ3n) is 5.45. The molecule has 0 heterocycles. The van der Waals surface area contributed by atoms with Gasteiger partial charge < -0.3 is 0 Å². The Bertz CT molecular complexity index is 1380. The van der Waals surface area contributed by atoms with Gasteiger partial charge in [0.1, 0.15) is 6.67 Å². The molecule has 0 radical (unpaired) electrons. The standard InChI is InChI=1S/C26H17Br2FN2/c1-15-12-18(27)13-21(28)24(15)31-26-20-10-5-8-16-7-4-9-19(23(16)20)25(26)30-22-11-3-2-6-17(22)14-29/h2-13H,14H2,1H3/b30-25+,31-26+. The van der Waals surface area contributed by atoms with Crippen LogP contribution in [0.5, 0.6) is 0 Å². The number of para-hydroxylation sites is 1. The SMILES string of the molecule is Cc1cc(Br)cc(Br)c1/N=C1/C(=N/c2ccccc2CF)c2cccc3cccc1c23. The summed E-state index contributed by atoms with van der Waals surface area (Å²) in [5.41, 5.74) is 6.72. The first kappa shape index (κ1) is 20.3. The highest BCUT2D eigenvalue weighted by molar-refractivity contribution is 9.11. The molecule has 0 unspecified atom stereocenters. The molecule has 0 aromatic heterocycles. The van der Waals surface area contributed by atoms with Crippen molar-refractivity contribution in [2.75, 3.05) is 0 Å². The molecule has 0 saturated heterocycles. The summed E-state index contributed by atoms with van der Waals surface area (Å²) < 4.78 is 15.5. The second-order valence-corrected chi connectivity index (χ2v) is 9.22. The van der Waals surface area contributed by atoms with Gasteiger partial charge in [-0.3, -0.25) is 0 Å². The monoisotopic (exact) mass is 534 g/mol. The highest BCUT2D eigenvalue weighted by Gasteiger charge is 2.28. The van der Waals surface area contributed by atoms with Crippen molar-refractivity contribution in [1.82, 2.24) is 0 Å². The highest BCUT2D eigenvalue weighted by Crippen LogP contribution is 2.38. The lowest BCUT2D eigenvalue weighted by molar-refractivity contribution is 0.486. The first-order chi connectivity index (χ1) is 15.1. The van der Waals surface area contributed by atoms with E-state index in [1.54, 1.807) is 6.07 Å². The quantitative estimate of drug-likeness (QED) is 0.251. The molecule has 0 saturated carbocycles. The molecule has 31 heavy (non-hydrogen) atoms. The summed E-state index contributed by atoms with van der Waals surface area (Å²) in [6.45, 7) is 1.47. The molecule has 0 N–H and O–H groups in total. The predicted molar refractivity (Wildman–Crippen MR) is 134 cm³/mol. The van der Waals surface area contributed by atoms with Gasteiger partial charge in [0.25, 0.3) is 0 Å². The first-order valence-corrected chi connectivity index (χ1v) is 11.4. The summed E-state index contributed by atoms with van der Waals surface area (Å²) in [4.78, 5) is 10.0. The number of rotatable bonds is 3. The van der Waals surface area contributed by atoms with Crippen LogP contribution in [0.4, 0.5) is 15.8 Å². The number of hydrogen-bond donors (Lipinski definition) is 0. The van der Waals surface area contributed by atoms with Crippen LogP contribution in [0, 0.1) is 6.92 Å². The van der Waals surface area contributed by atoms with Crippen molar-refractivity contribution >= 4 is 65.4 Å². The fraction of sp³-hybridized carbons (Fsp3) is 0.0769. The second-order valence-electron chi connectivity index (χ2n) is 7.45. The topological polar surface area (TPSA) is 24.7 Å². The van der Waals surface area contributed by atoms with Gasteiger partial charge in [-0.25, -0.2) is 14.4 Å². The van der Waals surface area contributed by atoms with Crippen LogP contribution in [0.1, 0.15) is 22.3 Å². The van der Waals surface area contributed by atoms with E-state index in [1.165, 1.54) is 0 Å². The molecule has 0 fully saturated rings. The van der Waals surface area contributed by atoms with Crippen LogP contribution >= 0.6 is 31.9 Å². The summed E-state index contributed by atoms with van der Waals surface area (Å²) in [6, 6.07) is 23.8. The molecule has 0 amide bonds. The van der Waals surface area contributed by atoms with E-state index in [1.807, 2.05) is 49.4 Å². The molecule has 152 valence electrons. The minimum Gasteiger partial charge on any atom is -0.246 e. The van der Waals surface area contributed by atoms with Crippen molar-refractivity contribution < 1.29 is 4.39 Å². The molecule has 4 aromatic carbocycles. The van der Waals surface area contributed by atoms with Crippen LogP contribution < -0.4 is 0 Å². The van der Waals surface area contributed by atoms with Crippen molar-refractivity contribution in [2.24, 2.45) is 9.98 Å². The normalized spacial score (nSPS) is 15.4. The lowest BCUT2D eigenvalue weighted by Crippen LogP contribution is -2.10. The lowest BCUT2D eigenvalue weighted by Gasteiger charge is -2.09. The summed E-state index contributed by atoms with van der Waals surface area (Å²) >= 11 is 7.20. The van der Waals surface area contributed by atoms with Crippen molar-refractivity contribution in [1.29, 1.82) is 0 Å². The summed E-state index contributed by atoms with van der Waals surface area (Å²) in [7, 11) is 0. The molecular weight excluding hydrogens is 519 g/mol. The van der Waals surface area contributed by atoms with E-state index in [9.17, 15) is 4.39 Å². The van der Waals surface area contributed by atoms with Gasteiger partial charge in [0.05, 0.1) is 22.8 Å². The lowest BCUT2D eigenvalue weighted by atomic mass is 10.1. The van der Waals surface area contributed by atoms with Crippen molar-refractivity contribution in [3.63, 3.8) is 0 Å². The minimum absolute atomic E-state index is 0.562. The summed E-state index contributed by atoms with van der Waals surface area (Å²) in [5.74, 6) is 0. The Morgan fingerprint density at radius 2 is 1.48 bits per heavy atom. The maximum atomic E-state index is 13.6. The van der Waals surface area contributed by atoms with E-state index in [4.69, 9.17) is 9.98 Å². The average molecular weight is 536 g/mol. The number of benzene rings is 4. The fourth-order valence-corrected chi connectivity index (χ4v) is 5.55. The fourth-order valence-electron chi connectivity index (χ4n) is 4.02. The Labute approximate surface area is 196 Å². The van der Waals surface area contributed by atoms with E-state index in [0.717, 1.165) is 53.5 Å². The molecule has 5 heteroatoms. The van der Waals surface area contributed by atoms with E-state index in [2.05, 4.69) is 56.1 Å². The minimum atomic E-state index is -0.562. The van der Waals surface area contributed by atoms with E-state index < -0.39 is 6.67 Å². The molecule has 5 rings (SSSR count). The first-order valence-electron chi connectivity index (χ1n) is 9.86. The van der Waals surface area contributed by atoms with Gasteiger partial charge in [-0.05, 0) is 52.0 Å². The van der Waals surface area contributed by atoms with Crippen LogP contribution in [-0.4, -0.2) is 11.4 Å². The maximum absolute atomic E-state index is 13.6. The maximum Gasteiger partial charge on any atom is 0.117 e. The number of aryl methyl sites for hydroxylation is 1. The third-order valence-corrected chi connectivity index (χ3v) is 6.51. The number of halogens is 3. The molecule has 1 aliphatic rings. The van der Waals surface area contributed by atoms with Crippen LogP contribution in [0.15, 0.2) is 91.7 Å². The Hall–Kier alpha value is -2.63. The van der Waals surface area contributed by atoms with Gasteiger partial charge in [0, 0.05) is 31.0 Å². The largest absolute Gasteiger partial charge is 0.246 e. The van der Waals surface area contributed by atoms with Crippen LogP contribution in [-0.2, 0) is 6.67 Å². The molecule has 0 spiro atoms. The van der Waals surface area contributed by atoms with Gasteiger partial charge in [0.2, 0.25) is 0 Å². The van der Waals surface area contributed by atoms with Gasteiger partial charge in [-0.15, -0.1) is 0 Å². The van der Waals surface area contributed by atoms with Gasteiger partial charge in [-0.1, -0.05) is 70.5 Å². The zero-order valence-electron chi connectivity index (χ0n) is 16.7. The summed E-state index contributed by atoms with van der Waals surface area (Å²) in [6.07, 6.45) is 0. The van der Waals surface area contributed by atoms with Crippen molar-refractivity contribution in [3.05, 3.63) is 104 Å². The van der Waals surface area contributed by atoms with Gasteiger partial charge in [-0.2, -0.15) is 0 Å². The van der Waals surface area contributed by atoms with Crippen molar-refractivity contribution in [2.45, 2.75) is 13.6 Å². The molecule has 0 aliphatic heterocycles. The molecule has 1 aliphatic carbocycles. The van der Waals surface area contributed by atoms with E-state index in [0.29, 0.717) is 11.3 Å². The summed E-state index contributed by atoms with van der Waals surface area (Å²) in [5, 5.41) is 2.27. The third kappa shape index (κ3) is 3.56. The smallest absolute Gasteiger partial charge is 0.117 e. The second kappa shape index (κ2) is 8.13. The van der Waals surface area contributed by atoms with Crippen LogP contribution in [0.3, 0.4) is 0 Å². The molecule has 4 aromatic rings. The van der Waals surface area contributed by atoms with Crippen molar-refractivity contribution in [3.8, 4) is 0 Å². The zero-order chi connectivity index (χ0) is 21.5. The number of nitrogens with zero attached hydrogens (tertiary/aromatic N) is 2. The van der Waals surface area contributed by atoms with E-state index >= 15 is 0 Å². The van der Waals surface area contributed by atoms with Gasteiger partial charge >= 0.3 is 0 Å². The zero-order valence-corrected chi connectivity index (χ0v) is 19.8. The Morgan fingerprint density at radius 1 is 0.806 bits per heavy atom. The number of aliphatic imine (C=N–C) groups is 2. The van der Waals surface area contributed by atoms with Crippen LogP contribution in [0.2, 0.25) is 0 Å². The number of hydrogen-bond acceptors (Lipinski definition) is 2.